The fraction of sp³-hybridized carbons (Fsp3) is 0.400. The van der Waals surface area contributed by atoms with Gasteiger partial charge in [-0.05, 0) is 55.4 Å². The highest BCUT2D eigenvalue weighted by Gasteiger charge is 2.12. The molecule has 2 aromatic rings. The lowest BCUT2D eigenvalue weighted by Gasteiger charge is -2.01. The Bertz CT molecular complexity index is 820. The van der Waals surface area contributed by atoms with E-state index in [1.54, 1.807) is 13.2 Å². The molecule has 1 aromatic carbocycles. The number of hydrogen-bond donors (Lipinski definition) is 1. The van der Waals surface area contributed by atoms with Crippen molar-refractivity contribution in [2.24, 2.45) is 0 Å². The molecule has 0 amide bonds. The highest BCUT2D eigenvalue weighted by Crippen LogP contribution is 2.28. The largest absolute Gasteiger partial charge is 0.500 e. The van der Waals surface area contributed by atoms with Crippen molar-refractivity contribution in [3.8, 4) is 0 Å². The second-order valence-electron chi connectivity index (χ2n) is 5.98. The number of nitrogens with one attached hydrogen (secondary N) is 1. The molecule has 4 nitrogen and oxygen atoms in total. The molecule has 0 bridgehead atoms. The molecular formula is C25H37BrN2O2. The number of aryl methyl sites for hydroxylation is 1. The van der Waals surface area contributed by atoms with Gasteiger partial charge >= 0.3 is 0 Å². The van der Waals surface area contributed by atoms with Gasteiger partial charge in [-0.1, -0.05) is 57.2 Å². The lowest BCUT2D eigenvalue weighted by atomic mass is 10.1. The molecule has 30 heavy (non-hydrogen) atoms. The fourth-order valence-electron chi connectivity index (χ4n) is 2.56. The van der Waals surface area contributed by atoms with Crippen molar-refractivity contribution in [1.82, 2.24) is 9.88 Å². The summed E-state index contributed by atoms with van der Waals surface area (Å²) in [5.74, 6) is 0.116. The van der Waals surface area contributed by atoms with Crippen LogP contribution in [-0.2, 0) is 11.3 Å². The molecule has 0 fully saturated rings. The maximum atomic E-state index is 11.5. The Hall–Kier alpha value is -2.11. The van der Waals surface area contributed by atoms with Crippen molar-refractivity contribution >= 4 is 32.6 Å². The van der Waals surface area contributed by atoms with Crippen molar-refractivity contribution in [3.05, 3.63) is 71.1 Å². The zero-order chi connectivity index (χ0) is 22.8. The number of halogens is 1. The van der Waals surface area contributed by atoms with E-state index in [0.717, 1.165) is 47.2 Å². The van der Waals surface area contributed by atoms with Crippen LogP contribution in [0, 0.1) is 0 Å². The maximum absolute atomic E-state index is 11.5. The van der Waals surface area contributed by atoms with Gasteiger partial charge in [0.05, 0.1) is 18.4 Å². The average molecular weight is 477 g/mol. The van der Waals surface area contributed by atoms with Crippen LogP contribution in [0.5, 0.6) is 0 Å². The zero-order valence-electron chi connectivity index (χ0n) is 19.2. The first kappa shape index (κ1) is 27.9. The zero-order valence-corrected chi connectivity index (χ0v) is 20.8. The molecule has 0 aliphatic heterocycles. The van der Waals surface area contributed by atoms with Gasteiger partial charge in [-0.15, -0.1) is 0 Å². The Morgan fingerprint density at radius 1 is 1.17 bits per heavy atom. The molecule has 2 rings (SSSR count). The number of ether oxygens (including phenoxy) is 1. The number of para-hydroxylation sites is 1. The number of Topliss-reactive ketones (excluding diaryl/α,β-unsaturated/α-hetero) is 1. The van der Waals surface area contributed by atoms with E-state index in [1.807, 2.05) is 75.5 Å². The van der Waals surface area contributed by atoms with Gasteiger partial charge in [-0.2, -0.15) is 0 Å². The summed E-state index contributed by atoms with van der Waals surface area (Å²) in [6, 6.07) is 5.94. The molecule has 5 heteroatoms. The maximum Gasteiger partial charge on any atom is 0.161 e. The first-order valence-corrected chi connectivity index (χ1v) is 11.4. The van der Waals surface area contributed by atoms with Gasteiger partial charge in [0.2, 0.25) is 0 Å². The number of allylic oxidation sites excluding steroid dienone is 5. The molecule has 1 N–H and O–H groups in total. The van der Waals surface area contributed by atoms with Crippen LogP contribution in [0.15, 0.2) is 65.5 Å². The summed E-state index contributed by atoms with van der Waals surface area (Å²) in [7, 11) is 0. The van der Waals surface area contributed by atoms with Gasteiger partial charge in [-0.3, -0.25) is 4.79 Å². The van der Waals surface area contributed by atoms with Gasteiger partial charge in [0.1, 0.15) is 0 Å². The predicted octanol–water partition coefficient (Wildman–Crippen LogP) is 6.91. The molecule has 0 saturated heterocycles. The van der Waals surface area contributed by atoms with Crippen molar-refractivity contribution in [1.29, 1.82) is 0 Å². The van der Waals surface area contributed by atoms with E-state index in [2.05, 4.69) is 39.7 Å². The standard InChI is InChI=1S/C12H12BrNO.C11H19NO.C2H6/c1-3-14-7-10(8(2)15)9-5-4-6-11(13)12(9)14;1-3-5-6-7-8-10-13-11-9-12-4-2;1-2/h4-7H,3H2,1-2H3;3,5-8,10,12H,4,9,11H2,1-2H3;1-2H3/b;5-3-,7-6-,10-8+;. The number of carbonyl (C=O) groups is 1. The Morgan fingerprint density at radius 2 is 1.87 bits per heavy atom. The van der Waals surface area contributed by atoms with Gasteiger partial charge in [0, 0.05) is 34.7 Å². The van der Waals surface area contributed by atoms with Crippen LogP contribution in [0.1, 0.15) is 51.9 Å². The molecule has 0 atom stereocenters. The summed E-state index contributed by atoms with van der Waals surface area (Å²) >= 11 is 3.52. The van der Waals surface area contributed by atoms with Crippen LogP contribution in [-0.4, -0.2) is 30.0 Å². The number of ketones is 1. The van der Waals surface area contributed by atoms with E-state index in [0.29, 0.717) is 0 Å². The number of carbonyl (C=O) groups excluding carboxylic acids is 1. The van der Waals surface area contributed by atoms with Crippen LogP contribution in [0.25, 0.3) is 10.9 Å². The van der Waals surface area contributed by atoms with Crippen LogP contribution < -0.4 is 5.32 Å². The highest BCUT2D eigenvalue weighted by molar-refractivity contribution is 9.10. The lowest BCUT2D eigenvalue weighted by Crippen LogP contribution is -2.17. The Morgan fingerprint density at radius 3 is 2.47 bits per heavy atom. The van der Waals surface area contributed by atoms with Crippen LogP contribution >= 0.6 is 15.9 Å². The highest BCUT2D eigenvalue weighted by atomic mass is 79.9. The van der Waals surface area contributed by atoms with Crippen LogP contribution in [0.4, 0.5) is 0 Å². The van der Waals surface area contributed by atoms with Gasteiger partial charge in [-0.25, -0.2) is 0 Å². The average Bonchev–Trinajstić information content (AvgIpc) is 3.15. The quantitative estimate of drug-likeness (QED) is 0.185. The van der Waals surface area contributed by atoms with Gasteiger partial charge in [0.15, 0.2) is 5.78 Å². The third kappa shape index (κ3) is 10.1. The second kappa shape index (κ2) is 17.7. The van der Waals surface area contributed by atoms with Crippen molar-refractivity contribution in [2.45, 2.75) is 48.1 Å². The SMILES string of the molecule is CC.CCn1cc(C(C)=O)c2cccc(Br)c21.C\C=C/C=C\C=C\OCCNCC. The van der Waals surface area contributed by atoms with E-state index < -0.39 is 0 Å². The number of rotatable bonds is 9. The molecule has 1 aromatic heterocycles. The Kier molecular flexibility index (Phi) is 16.5. The second-order valence-corrected chi connectivity index (χ2v) is 6.84. The van der Waals surface area contributed by atoms with E-state index in [-0.39, 0.29) is 5.78 Å². The van der Waals surface area contributed by atoms with E-state index in [4.69, 9.17) is 4.74 Å². The van der Waals surface area contributed by atoms with Crippen molar-refractivity contribution < 1.29 is 9.53 Å². The summed E-state index contributed by atoms with van der Waals surface area (Å²) in [6.07, 6.45) is 13.4. The van der Waals surface area contributed by atoms with E-state index in [9.17, 15) is 4.79 Å². The minimum absolute atomic E-state index is 0.116. The van der Waals surface area contributed by atoms with Crippen molar-refractivity contribution in [3.63, 3.8) is 0 Å². The molecule has 0 radical (unpaired) electrons. The number of nitrogens with zero attached hydrogens (tertiary/aromatic N) is 1. The Labute approximate surface area is 190 Å². The normalized spacial score (nSPS) is 10.9. The van der Waals surface area contributed by atoms with Gasteiger partial charge in [0.25, 0.3) is 0 Å². The molecule has 0 saturated carbocycles. The monoisotopic (exact) mass is 476 g/mol. The third-order valence-corrected chi connectivity index (χ3v) is 4.56. The van der Waals surface area contributed by atoms with Crippen molar-refractivity contribution in [2.75, 3.05) is 19.7 Å². The van der Waals surface area contributed by atoms with Crippen LogP contribution in [0.2, 0.25) is 0 Å². The molecular weight excluding hydrogens is 440 g/mol. The number of fused-ring (bicyclic) bond motifs is 1. The summed E-state index contributed by atoms with van der Waals surface area (Å²) < 4.78 is 8.33. The first-order valence-electron chi connectivity index (χ1n) is 10.6. The number of aromatic nitrogens is 1. The number of hydrogen-bond acceptors (Lipinski definition) is 3. The predicted molar refractivity (Wildman–Crippen MR) is 134 cm³/mol. The summed E-state index contributed by atoms with van der Waals surface area (Å²) in [5.41, 5.74) is 1.90. The molecule has 166 valence electrons. The van der Waals surface area contributed by atoms with E-state index in [1.165, 1.54) is 0 Å². The summed E-state index contributed by atoms with van der Waals surface area (Å²) in [5, 5.41) is 4.20. The molecule has 0 unspecified atom stereocenters. The first-order chi connectivity index (χ1) is 14.6. The summed E-state index contributed by atoms with van der Waals surface area (Å²) in [4.78, 5) is 11.5. The van der Waals surface area contributed by atoms with Crippen LogP contribution in [0.3, 0.4) is 0 Å². The molecule has 0 aliphatic rings. The molecule has 0 spiro atoms. The summed E-state index contributed by atoms with van der Waals surface area (Å²) in [6.45, 7) is 15.2. The third-order valence-electron chi connectivity index (χ3n) is 3.92. The topological polar surface area (TPSA) is 43.3 Å². The minimum atomic E-state index is 0.116. The number of benzene rings is 1. The smallest absolute Gasteiger partial charge is 0.161 e. The molecule has 0 aliphatic carbocycles. The minimum Gasteiger partial charge on any atom is -0.500 e. The van der Waals surface area contributed by atoms with Gasteiger partial charge < -0.3 is 14.6 Å². The number of likely N-dealkylation sites (N-methyl/N-ethyl adjacent to an activating group) is 1. The lowest BCUT2D eigenvalue weighted by molar-refractivity contribution is 0.101. The Balaban J connectivity index is 0.000000524. The molecule has 1 heterocycles. The fourth-order valence-corrected chi connectivity index (χ4v) is 3.15. The van der Waals surface area contributed by atoms with E-state index >= 15 is 0 Å².